The lowest BCUT2D eigenvalue weighted by Crippen LogP contribution is -1.99. The Morgan fingerprint density at radius 3 is 2.62 bits per heavy atom. The van der Waals surface area contributed by atoms with E-state index in [-0.39, 0.29) is 5.82 Å². The molecule has 0 spiro atoms. The summed E-state index contributed by atoms with van der Waals surface area (Å²) in [5, 5.41) is 13.2. The van der Waals surface area contributed by atoms with Crippen molar-refractivity contribution in [2.75, 3.05) is 0 Å². The van der Waals surface area contributed by atoms with Gasteiger partial charge in [0, 0.05) is 17.3 Å². The molecule has 6 nitrogen and oxygen atoms in total. The number of nitrogens with zero attached hydrogens (tertiary/aromatic N) is 6. The molecule has 0 radical (unpaired) electrons. The van der Waals surface area contributed by atoms with Gasteiger partial charge in [0.05, 0.1) is 11.4 Å². The van der Waals surface area contributed by atoms with Crippen molar-refractivity contribution in [3.05, 3.63) is 66.5 Å². The molecule has 0 aliphatic heterocycles. The van der Waals surface area contributed by atoms with Gasteiger partial charge in [0.25, 0.3) is 5.78 Å². The van der Waals surface area contributed by atoms with E-state index in [1.165, 1.54) is 18.5 Å². The van der Waals surface area contributed by atoms with Gasteiger partial charge >= 0.3 is 0 Å². The second-order valence-corrected chi connectivity index (χ2v) is 5.05. The summed E-state index contributed by atoms with van der Waals surface area (Å²) in [6.45, 7) is 0. The molecule has 0 aliphatic rings. The second kappa shape index (κ2) is 5.52. The standard InChI is InChI=1S/C17H9FN6/c18-13-3-1-11(2-4-13)15-8-16(24-17(23-15)21-10-22-24)12-5-6-20-14(7-12)9-19/h1-8,10H. The molecule has 0 saturated carbocycles. The van der Waals surface area contributed by atoms with Crippen LogP contribution >= 0.6 is 0 Å². The van der Waals surface area contributed by atoms with Crippen molar-refractivity contribution in [1.82, 2.24) is 24.6 Å². The Bertz CT molecular complexity index is 1080. The van der Waals surface area contributed by atoms with Crippen molar-refractivity contribution in [2.24, 2.45) is 0 Å². The van der Waals surface area contributed by atoms with Crippen molar-refractivity contribution in [3.8, 4) is 28.6 Å². The summed E-state index contributed by atoms with van der Waals surface area (Å²) in [6.07, 6.45) is 2.97. The van der Waals surface area contributed by atoms with E-state index in [1.807, 2.05) is 12.1 Å². The van der Waals surface area contributed by atoms with Crippen molar-refractivity contribution in [1.29, 1.82) is 5.26 Å². The lowest BCUT2D eigenvalue weighted by atomic mass is 10.1. The largest absolute Gasteiger partial charge is 0.253 e. The number of pyridine rings is 1. The summed E-state index contributed by atoms with van der Waals surface area (Å²) in [7, 11) is 0. The maximum absolute atomic E-state index is 13.1. The van der Waals surface area contributed by atoms with Crippen molar-refractivity contribution in [3.63, 3.8) is 0 Å². The minimum atomic E-state index is -0.310. The molecule has 1 aromatic carbocycles. The molecule has 3 aromatic heterocycles. The Labute approximate surface area is 135 Å². The molecule has 0 N–H and O–H groups in total. The van der Waals surface area contributed by atoms with E-state index in [2.05, 4.69) is 20.1 Å². The van der Waals surface area contributed by atoms with Crippen molar-refractivity contribution < 1.29 is 4.39 Å². The van der Waals surface area contributed by atoms with Crippen LogP contribution in [0.4, 0.5) is 4.39 Å². The first-order chi connectivity index (χ1) is 11.7. The van der Waals surface area contributed by atoms with E-state index in [1.54, 1.807) is 35.0 Å². The maximum atomic E-state index is 13.1. The number of hydrogen-bond donors (Lipinski definition) is 0. The minimum absolute atomic E-state index is 0.306. The second-order valence-electron chi connectivity index (χ2n) is 5.05. The fraction of sp³-hybridized carbons (Fsp3) is 0. The molecule has 0 unspecified atom stereocenters. The van der Waals surface area contributed by atoms with Gasteiger partial charge in [-0.25, -0.2) is 14.4 Å². The van der Waals surface area contributed by atoms with E-state index in [0.717, 1.165) is 16.8 Å². The molecule has 0 fully saturated rings. The molecule has 0 saturated heterocycles. The van der Waals surface area contributed by atoms with Crippen LogP contribution in [0, 0.1) is 17.1 Å². The smallest absolute Gasteiger partial charge is 0.246 e. The molecule has 4 aromatic rings. The molecule has 24 heavy (non-hydrogen) atoms. The van der Waals surface area contributed by atoms with Crippen LogP contribution < -0.4 is 0 Å². The van der Waals surface area contributed by atoms with Crippen LogP contribution in [0.25, 0.3) is 28.3 Å². The Morgan fingerprint density at radius 2 is 1.83 bits per heavy atom. The van der Waals surface area contributed by atoms with Gasteiger partial charge in [-0.15, -0.1) is 0 Å². The number of nitriles is 1. The molecule has 7 heteroatoms. The summed E-state index contributed by atoms with van der Waals surface area (Å²) in [5.41, 5.74) is 3.19. The van der Waals surface area contributed by atoms with Gasteiger partial charge in [-0.2, -0.15) is 19.9 Å². The van der Waals surface area contributed by atoms with Crippen LogP contribution in [0.3, 0.4) is 0 Å². The number of rotatable bonds is 2. The quantitative estimate of drug-likeness (QED) is 0.568. The van der Waals surface area contributed by atoms with E-state index in [0.29, 0.717) is 17.2 Å². The summed E-state index contributed by atoms with van der Waals surface area (Å²) in [4.78, 5) is 12.6. The van der Waals surface area contributed by atoms with E-state index >= 15 is 0 Å². The van der Waals surface area contributed by atoms with E-state index < -0.39 is 0 Å². The predicted octanol–water partition coefficient (Wildman–Crippen LogP) is 2.86. The molecule has 4 rings (SSSR count). The van der Waals surface area contributed by atoms with Crippen LogP contribution in [0.1, 0.15) is 5.69 Å². The zero-order valence-electron chi connectivity index (χ0n) is 12.3. The number of aromatic nitrogens is 5. The molecule has 0 bridgehead atoms. The lowest BCUT2D eigenvalue weighted by Gasteiger charge is -2.08. The maximum Gasteiger partial charge on any atom is 0.253 e. The average Bonchev–Trinajstić information content (AvgIpc) is 3.10. The highest BCUT2D eigenvalue weighted by Crippen LogP contribution is 2.25. The van der Waals surface area contributed by atoms with Gasteiger partial charge in [-0.1, -0.05) is 0 Å². The molecular weight excluding hydrogens is 307 g/mol. The fourth-order valence-electron chi connectivity index (χ4n) is 2.44. The SMILES string of the molecule is N#Cc1cc(-c2cc(-c3ccc(F)cc3)nc3ncnn23)ccn1. The zero-order chi connectivity index (χ0) is 16.5. The van der Waals surface area contributed by atoms with E-state index in [4.69, 9.17) is 5.26 Å². The Hall–Kier alpha value is -3.66. The molecule has 0 amide bonds. The molecule has 3 heterocycles. The molecule has 114 valence electrons. The monoisotopic (exact) mass is 316 g/mol. The third kappa shape index (κ3) is 2.36. The normalized spacial score (nSPS) is 10.7. The third-order valence-corrected chi connectivity index (χ3v) is 3.56. The van der Waals surface area contributed by atoms with Gasteiger partial charge in [-0.05, 0) is 42.5 Å². The number of fused-ring (bicyclic) bond motifs is 1. The third-order valence-electron chi connectivity index (χ3n) is 3.56. The number of hydrogen-bond acceptors (Lipinski definition) is 5. The van der Waals surface area contributed by atoms with Crippen LogP contribution in [0.2, 0.25) is 0 Å². The first-order valence-corrected chi connectivity index (χ1v) is 7.08. The van der Waals surface area contributed by atoms with Gasteiger partial charge in [0.2, 0.25) is 0 Å². The molecular formula is C17H9FN6. The molecule has 0 aliphatic carbocycles. The average molecular weight is 316 g/mol. The number of halogens is 1. The van der Waals surface area contributed by atoms with Crippen molar-refractivity contribution in [2.45, 2.75) is 0 Å². The summed E-state index contributed by atoms with van der Waals surface area (Å²) in [6, 6.07) is 13.4. The summed E-state index contributed by atoms with van der Waals surface area (Å²) < 4.78 is 14.7. The highest BCUT2D eigenvalue weighted by atomic mass is 19.1. The van der Waals surface area contributed by atoms with Crippen molar-refractivity contribution >= 4 is 5.78 Å². The van der Waals surface area contributed by atoms with Gasteiger partial charge < -0.3 is 0 Å². The first kappa shape index (κ1) is 14.0. The van der Waals surface area contributed by atoms with Gasteiger partial charge in [0.15, 0.2) is 0 Å². The molecule has 0 atom stereocenters. The lowest BCUT2D eigenvalue weighted by molar-refractivity contribution is 0.628. The minimum Gasteiger partial charge on any atom is -0.246 e. The fourth-order valence-corrected chi connectivity index (χ4v) is 2.44. The zero-order valence-corrected chi connectivity index (χ0v) is 12.3. The summed E-state index contributed by atoms with van der Waals surface area (Å²) >= 11 is 0. The van der Waals surface area contributed by atoms with Gasteiger partial charge in [-0.3, -0.25) is 0 Å². The summed E-state index contributed by atoms with van der Waals surface area (Å²) in [5.74, 6) is 0.109. The van der Waals surface area contributed by atoms with Crippen LogP contribution in [-0.2, 0) is 0 Å². The predicted molar refractivity (Wildman–Crippen MR) is 84.1 cm³/mol. The van der Waals surface area contributed by atoms with Crippen LogP contribution in [0.5, 0.6) is 0 Å². The Morgan fingerprint density at radius 1 is 1.00 bits per heavy atom. The topological polar surface area (TPSA) is 79.8 Å². The highest BCUT2D eigenvalue weighted by molar-refractivity contribution is 5.70. The Balaban J connectivity index is 1.95. The van der Waals surface area contributed by atoms with Gasteiger partial charge in [0.1, 0.15) is 23.9 Å². The van der Waals surface area contributed by atoms with E-state index in [9.17, 15) is 4.39 Å². The Kier molecular flexibility index (Phi) is 3.21. The number of benzene rings is 1. The van der Waals surface area contributed by atoms with Crippen LogP contribution in [-0.4, -0.2) is 24.6 Å². The highest BCUT2D eigenvalue weighted by Gasteiger charge is 2.12. The first-order valence-electron chi connectivity index (χ1n) is 7.08. The van der Waals surface area contributed by atoms with Crippen LogP contribution in [0.15, 0.2) is 55.0 Å².